The van der Waals surface area contributed by atoms with Crippen molar-refractivity contribution in [2.75, 3.05) is 11.4 Å². The maximum atomic E-state index is 13.2. The highest BCUT2D eigenvalue weighted by atomic mass is 35.5. The third-order valence-corrected chi connectivity index (χ3v) is 8.76. The van der Waals surface area contributed by atoms with Crippen LogP contribution in [0.15, 0.2) is 65.5 Å². The lowest BCUT2D eigenvalue weighted by Crippen LogP contribution is -2.33. The van der Waals surface area contributed by atoms with Crippen molar-refractivity contribution in [2.45, 2.75) is 117 Å². The van der Waals surface area contributed by atoms with Crippen LogP contribution in [0.5, 0.6) is 5.75 Å². The number of benzene rings is 1. The van der Waals surface area contributed by atoms with E-state index in [4.69, 9.17) is 16.3 Å². The zero-order valence-corrected chi connectivity index (χ0v) is 27.2. The van der Waals surface area contributed by atoms with Gasteiger partial charge in [0.15, 0.2) is 18.1 Å². The maximum absolute atomic E-state index is 13.2. The van der Waals surface area contributed by atoms with Crippen molar-refractivity contribution in [3.05, 3.63) is 81.7 Å². The molecule has 0 fully saturated rings. The van der Waals surface area contributed by atoms with Crippen molar-refractivity contribution in [3.8, 4) is 5.75 Å². The second-order valence-corrected chi connectivity index (χ2v) is 12.5. The number of aryl methyl sites for hydroxylation is 2. The Labute approximate surface area is 263 Å². The summed E-state index contributed by atoms with van der Waals surface area (Å²) in [5, 5.41) is 11.6. The number of halogens is 1. The molecule has 0 saturated carbocycles. The maximum Gasteiger partial charge on any atom is 0.201 e. The molecule has 1 aliphatic heterocycles. The Balaban J connectivity index is 1.40. The van der Waals surface area contributed by atoms with Gasteiger partial charge in [-0.15, -0.1) is 0 Å². The Morgan fingerprint density at radius 3 is 2.19 bits per heavy atom. The van der Waals surface area contributed by atoms with Crippen LogP contribution in [0.4, 0.5) is 5.69 Å². The second-order valence-electron chi connectivity index (χ2n) is 12.1. The molecule has 232 valence electrons. The SMILES string of the molecule is CCCCCCCCCCN1/C(=C\C2=C(O)C(=Cc3cc[n+](CCCCCCCC)cc3C)C2=O)Oc2ccc(Cl)cc21. The van der Waals surface area contributed by atoms with Crippen molar-refractivity contribution >= 4 is 29.1 Å². The molecule has 2 aromatic rings. The Kier molecular flexibility index (Phi) is 12.8. The molecule has 43 heavy (non-hydrogen) atoms. The van der Waals surface area contributed by atoms with E-state index in [-0.39, 0.29) is 17.1 Å². The molecule has 0 saturated heterocycles. The summed E-state index contributed by atoms with van der Waals surface area (Å²) in [6.07, 6.45) is 25.2. The van der Waals surface area contributed by atoms with Crippen LogP contribution in [0.2, 0.25) is 5.02 Å². The fourth-order valence-corrected chi connectivity index (χ4v) is 6.02. The van der Waals surface area contributed by atoms with Crippen LogP contribution in [0.25, 0.3) is 6.08 Å². The van der Waals surface area contributed by atoms with Gasteiger partial charge in [0, 0.05) is 35.7 Å². The highest BCUT2D eigenvalue weighted by molar-refractivity contribution is 6.31. The average molecular weight is 606 g/mol. The number of hydrogen-bond acceptors (Lipinski definition) is 4. The molecule has 0 amide bonds. The summed E-state index contributed by atoms with van der Waals surface area (Å²) in [6.45, 7) is 8.30. The monoisotopic (exact) mass is 605 g/mol. The topological polar surface area (TPSA) is 53.7 Å². The number of carbonyl (C=O) groups excluding carboxylic acids is 1. The van der Waals surface area contributed by atoms with Crippen molar-refractivity contribution in [1.82, 2.24) is 0 Å². The minimum absolute atomic E-state index is 0.0188. The molecule has 0 atom stereocenters. The van der Waals surface area contributed by atoms with Gasteiger partial charge < -0.3 is 14.7 Å². The molecule has 0 bridgehead atoms. The van der Waals surface area contributed by atoms with E-state index in [1.165, 1.54) is 77.0 Å². The molecule has 0 radical (unpaired) electrons. The summed E-state index contributed by atoms with van der Waals surface area (Å²) in [5.41, 5.74) is 3.55. The van der Waals surface area contributed by atoms with E-state index < -0.39 is 0 Å². The van der Waals surface area contributed by atoms with Crippen LogP contribution >= 0.6 is 11.6 Å². The number of ether oxygens (including phenoxy) is 1. The van der Waals surface area contributed by atoms with Crippen molar-refractivity contribution in [2.24, 2.45) is 0 Å². The molecular formula is C37H50ClN2O3+. The number of aliphatic hydroxyl groups is 1. The van der Waals surface area contributed by atoms with Gasteiger partial charge in [0.05, 0.1) is 16.8 Å². The standard InChI is InChI=1S/C37H49ClN2O3/c1-4-6-8-10-12-13-15-17-22-40-33-25-30(38)18-19-34(33)43-35(40)26-32-36(41)31(37(32)42)24-29-20-23-39(27-28(29)3)21-16-14-11-9-7-5-2/h18-20,23-27H,4-17,21-22H2,1-3H3/p+1. The molecule has 1 N–H and O–H groups in total. The van der Waals surface area contributed by atoms with Gasteiger partial charge in [-0.2, -0.15) is 0 Å². The largest absolute Gasteiger partial charge is 0.506 e. The van der Waals surface area contributed by atoms with E-state index in [0.29, 0.717) is 22.2 Å². The third kappa shape index (κ3) is 8.98. The van der Waals surface area contributed by atoms with Gasteiger partial charge in [0.1, 0.15) is 12.3 Å². The van der Waals surface area contributed by atoms with Crippen LogP contribution in [0, 0.1) is 6.92 Å². The number of carbonyl (C=O) groups is 1. The summed E-state index contributed by atoms with van der Waals surface area (Å²) in [6, 6.07) is 7.60. The lowest BCUT2D eigenvalue weighted by molar-refractivity contribution is -0.697. The number of Topliss-reactive ketones (excluding diaryl/α,β-unsaturated/α-hetero) is 1. The molecule has 4 rings (SSSR count). The van der Waals surface area contributed by atoms with E-state index in [9.17, 15) is 9.90 Å². The molecule has 5 nitrogen and oxygen atoms in total. The quantitative estimate of drug-likeness (QED) is 0.104. The van der Waals surface area contributed by atoms with Crippen LogP contribution < -0.4 is 14.2 Å². The number of allylic oxidation sites excluding steroid dienone is 3. The molecule has 1 aromatic carbocycles. The first kappa shape index (κ1) is 32.9. The number of aromatic nitrogens is 1. The molecule has 0 spiro atoms. The van der Waals surface area contributed by atoms with Crippen LogP contribution in [0.3, 0.4) is 0 Å². The van der Waals surface area contributed by atoms with Crippen molar-refractivity contribution in [3.63, 3.8) is 0 Å². The van der Waals surface area contributed by atoms with E-state index in [1.54, 1.807) is 12.2 Å². The van der Waals surface area contributed by atoms with Gasteiger partial charge in [0.25, 0.3) is 0 Å². The van der Waals surface area contributed by atoms with Crippen LogP contribution in [0.1, 0.15) is 115 Å². The summed E-state index contributed by atoms with van der Waals surface area (Å²) in [4.78, 5) is 15.3. The van der Waals surface area contributed by atoms with E-state index in [1.807, 2.05) is 24.3 Å². The van der Waals surface area contributed by atoms with Crippen molar-refractivity contribution < 1.29 is 19.2 Å². The van der Waals surface area contributed by atoms with Gasteiger partial charge in [-0.05, 0) is 49.6 Å². The number of ketones is 1. The van der Waals surface area contributed by atoms with E-state index in [0.717, 1.165) is 42.7 Å². The van der Waals surface area contributed by atoms with Crippen LogP contribution in [-0.2, 0) is 11.3 Å². The first-order chi connectivity index (χ1) is 20.9. The Bertz CT molecular complexity index is 1340. The average Bonchev–Trinajstić information content (AvgIpc) is 3.34. The van der Waals surface area contributed by atoms with Gasteiger partial charge in [0.2, 0.25) is 11.7 Å². The highest BCUT2D eigenvalue weighted by Gasteiger charge is 2.35. The minimum atomic E-state index is -0.169. The lowest BCUT2D eigenvalue weighted by atomic mass is 9.86. The molecule has 0 unspecified atom stereocenters. The summed E-state index contributed by atoms with van der Waals surface area (Å²) >= 11 is 6.32. The molecule has 2 heterocycles. The predicted molar refractivity (Wildman–Crippen MR) is 178 cm³/mol. The normalized spacial score (nSPS) is 16.3. The molecule has 1 aliphatic carbocycles. The van der Waals surface area contributed by atoms with Gasteiger partial charge in [-0.3, -0.25) is 4.79 Å². The Morgan fingerprint density at radius 1 is 0.884 bits per heavy atom. The van der Waals surface area contributed by atoms with Gasteiger partial charge in [-0.1, -0.05) is 96.1 Å². The van der Waals surface area contributed by atoms with Gasteiger partial charge >= 0.3 is 0 Å². The fraction of sp³-hybridized carbons (Fsp3) is 0.514. The number of rotatable bonds is 18. The number of hydrogen-bond donors (Lipinski definition) is 1. The Hall–Kier alpha value is -3.05. The molecule has 1 aromatic heterocycles. The third-order valence-electron chi connectivity index (χ3n) is 8.53. The zero-order valence-electron chi connectivity index (χ0n) is 26.5. The summed E-state index contributed by atoms with van der Waals surface area (Å²) in [7, 11) is 0. The number of pyridine rings is 1. The summed E-state index contributed by atoms with van der Waals surface area (Å²) < 4.78 is 8.37. The number of aliphatic hydroxyl groups excluding tert-OH is 1. The summed E-state index contributed by atoms with van der Waals surface area (Å²) in [5.74, 6) is 1.12. The Morgan fingerprint density at radius 2 is 1.53 bits per heavy atom. The predicted octanol–water partition coefficient (Wildman–Crippen LogP) is 9.96. The highest BCUT2D eigenvalue weighted by Crippen LogP contribution is 2.42. The lowest BCUT2D eigenvalue weighted by Gasteiger charge is -2.22. The molecular weight excluding hydrogens is 556 g/mol. The van der Waals surface area contributed by atoms with E-state index in [2.05, 4.69) is 42.6 Å². The minimum Gasteiger partial charge on any atom is -0.506 e. The number of nitrogens with zero attached hydrogens (tertiary/aromatic N) is 2. The molecule has 2 aliphatic rings. The zero-order chi connectivity index (χ0) is 30.6. The number of anilines is 1. The van der Waals surface area contributed by atoms with Gasteiger partial charge in [-0.25, -0.2) is 4.57 Å². The smallest absolute Gasteiger partial charge is 0.201 e. The first-order valence-corrected chi connectivity index (χ1v) is 17.0. The van der Waals surface area contributed by atoms with E-state index >= 15 is 0 Å². The molecule has 6 heteroatoms. The number of fused-ring (bicyclic) bond motifs is 1. The first-order valence-electron chi connectivity index (χ1n) is 16.6. The van der Waals surface area contributed by atoms with Crippen molar-refractivity contribution in [1.29, 1.82) is 0 Å². The van der Waals surface area contributed by atoms with Crippen LogP contribution in [-0.4, -0.2) is 17.4 Å². The second kappa shape index (κ2) is 16.7. The fourth-order valence-electron chi connectivity index (χ4n) is 5.86. The number of unbranched alkanes of at least 4 members (excludes halogenated alkanes) is 12.